The van der Waals surface area contributed by atoms with Crippen LogP contribution in [-0.4, -0.2) is 44.3 Å². The molecule has 2 aromatic rings. The lowest BCUT2D eigenvalue weighted by molar-refractivity contribution is -0.125. The van der Waals surface area contributed by atoms with E-state index in [9.17, 15) is 18.0 Å². The van der Waals surface area contributed by atoms with Crippen LogP contribution in [0.5, 0.6) is 0 Å². The van der Waals surface area contributed by atoms with Crippen LogP contribution < -0.4 is 5.32 Å². The van der Waals surface area contributed by atoms with Crippen LogP contribution >= 0.6 is 11.6 Å². The van der Waals surface area contributed by atoms with Gasteiger partial charge < -0.3 is 10.1 Å². The number of amides is 1. The van der Waals surface area contributed by atoms with E-state index in [1.807, 2.05) is 18.2 Å². The highest BCUT2D eigenvalue weighted by Crippen LogP contribution is 2.30. The van der Waals surface area contributed by atoms with Gasteiger partial charge in [0.15, 0.2) is 6.61 Å². The molecule has 4 rings (SSSR count). The third-order valence-corrected chi connectivity index (χ3v) is 8.27. The molecule has 0 spiro atoms. The molecule has 0 bridgehead atoms. The number of hydrogen-bond acceptors (Lipinski definition) is 5. The van der Waals surface area contributed by atoms with Crippen molar-refractivity contribution in [3.8, 4) is 0 Å². The zero-order chi connectivity index (χ0) is 22.7. The van der Waals surface area contributed by atoms with Gasteiger partial charge in [0, 0.05) is 13.1 Å². The van der Waals surface area contributed by atoms with E-state index in [1.165, 1.54) is 28.1 Å². The summed E-state index contributed by atoms with van der Waals surface area (Å²) < 4.78 is 32.2. The number of fused-ring (bicyclic) bond motifs is 1. The summed E-state index contributed by atoms with van der Waals surface area (Å²) in [5, 5.41) is 2.97. The fourth-order valence-electron chi connectivity index (χ4n) is 4.25. The maximum absolute atomic E-state index is 12.8. The lowest BCUT2D eigenvalue weighted by Crippen LogP contribution is -2.34. The summed E-state index contributed by atoms with van der Waals surface area (Å²) in [6.07, 6.45) is 4.36. The Morgan fingerprint density at radius 1 is 1.09 bits per heavy atom. The Labute approximate surface area is 192 Å². The summed E-state index contributed by atoms with van der Waals surface area (Å²) in [7, 11) is -3.79. The van der Waals surface area contributed by atoms with E-state index in [1.54, 1.807) is 0 Å². The molecule has 1 amide bonds. The third-order valence-electron chi connectivity index (χ3n) is 5.89. The Morgan fingerprint density at radius 3 is 2.62 bits per heavy atom. The predicted octanol–water partition coefficient (Wildman–Crippen LogP) is 3.48. The number of aryl methyl sites for hydroxylation is 1. The van der Waals surface area contributed by atoms with Crippen molar-refractivity contribution in [3.05, 3.63) is 64.2 Å². The molecule has 0 unspecified atom stereocenters. The van der Waals surface area contributed by atoms with Crippen molar-refractivity contribution in [2.45, 2.75) is 43.0 Å². The summed E-state index contributed by atoms with van der Waals surface area (Å²) in [4.78, 5) is 24.8. The van der Waals surface area contributed by atoms with Crippen LogP contribution in [0.4, 0.5) is 0 Å². The fourth-order valence-corrected chi connectivity index (χ4v) is 6.27. The molecule has 2 aliphatic rings. The molecule has 1 aliphatic heterocycles. The van der Waals surface area contributed by atoms with E-state index in [2.05, 4.69) is 11.4 Å². The zero-order valence-electron chi connectivity index (χ0n) is 17.6. The molecule has 0 aromatic heterocycles. The lowest BCUT2D eigenvalue weighted by atomic mass is 9.88. The Balaban J connectivity index is 1.40. The van der Waals surface area contributed by atoms with Crippen LogP contribution in [0.3, 0.4) is 0 Å². The first-order valence-corrected chi connectivity index (χ1v) is 12.5. The first-order valence-electron chi connectivity index (χ1n) is 10.7. The standard InChI is InChI=1S/C23H25ClN2O5S/c24-19-11-10-17(14-21(19)32(29,30)26-12-3-4-13-26)23(28)31-15-22(27)25-20-9-5-7-16-6-1-2-8-18(16)20/h1-2,6,8,10-11,14,20H,3-5,7,9,12-13,15H2,(H,25,27)/t20-/m1/s1. The molecule has 0 saturated carbocycles. The van der Waals surface area contributed by atoms with Gasteiger partial charge in [0.05, 0.1) is 16.6 Å². The molecule has 0 radical (unpaired) electrons. The number of carbonyl (C=O) groups is 2. The number of sulfonamides is 1. The number of nitrogens with one attached hydrogen (secondary N) is 1. The number of ether oxygens (including phenoxy) is 1. The normalized spacial score (nSPS) is 18.7. The first kappa shape index (κ1) is 22.8. The van der Waals surface area contributed by atoms with Crippen LogP contribution in [0.1, 0.15) is 53.2 Å². The molecule has 32 heavy (non-hydrogen) atoms. The summed E-state index contributed by atoms with van der Waals surface area (Å²) in [6.45, 7) is 0.407. The summed E-state index contributed by atoms with van der Waals surface area (Å²) in [5.74, 6) is -1.18. The number of halogens is 1. The molecule has 1 aliphatic carbocycles. The molecule has 170 valence electrons. The molecule has 1 fully saturated rings. The Morgan fingerprint density at radius 2 is 1.84 bits per heavy atom. The summed E-state index contributed by atoms with van der Waals surface area (Å²) in [6, 6.07) is 11.8. The van der Waals surface area contributed by atoms with Gasteiger partial charge in [-0.05, 0) is 61.4 Å². The highest BCUT2D eigenvalue weighted by atomic mass is 35.5. The van der Waals surface area contributed by atoms with E-state index < -0.39 is 28.5 Å². The predicted molar refractivity (Wildman–Crippen MR) is 120 cm³/mol. The maximum atomic E-state index is 12.8. The van der Waals surface area contributed by atoms with Crippen molar-refractivity contribution in [2.75, 3.05) is 19.7 Å². The highest BCUT2D eigenvalue weighted by molar-refractivity contribution is 7.89. The second kappa shape index (κ2) is 9.60. The molecule has 7 nitrogen and oxygen atoms in total. The topological polar surface area (TPSA) is 92.8 Å². The van der Waals surface area contributed by atoms with Crippen molar-refractivity contribution < 1.29 is 22.7 Å². The average molecular weight is 477 g/mol. The van der Waals surface area contributed by atoms with E-state index >= 15 is 0 Å². The smallest absolute Gasteiger partial charge is 0.338 e. The minimum atomic E-state index is -3.79. The molecular formula is C23H25ClN2O5S. The lowest BCUT2D eigenvalue weighted by Gasteiger charge is -2.26. The quantitative estimate of drug-likeness (QED) is 0.644. The monoisotopic (exact) mass is 476 g/mol. The second-order valence-electron chi connectivity index (χ2n) is 8.04. The van der Waals surface area contributed by atoms with Crippen LogP contribution in [0.2, 0.25) is 5.02 Å². The second-order valence-corrected chi connectivity index (χ2v) is 10.4. The number of benzene rings is 2. The molecule has 1 N–H and O–H groups in total. The van der Waals surface area contributed by atoms with Gasteiger partial charge in [0.1, 0.15) is 4.90 Å². The van der Waals surface area contributed by atoms with Crippen LogP contribution in [-0.2, 0) is 26.0 Å². The zero-order valence-corrected chi connectivity index (χ0v) is 19.1. The number of carbonyl (C=O) groups excluding carboxylic acids is 2. The van der Waals surface area contributed by atoms with Crippen molar-refractivity contribution in [1.29, 1.82) is 0 Å². The van der Waals surface area contributed by atoms with Gasteiger partial charge in [-0.1, -0.05) is 35.9 Å². The number of nitrogens with zero attached hydrogens (tertiary/aromatic N) is 1. The Bertz CT molecular complexity index is 1130. The minimum Gasteiger partial charge on any atom is -0.452 e. The number of rotatable bonds is 6. The molecule has 2 aromatic carbocycles. The van der Waals surface area contributed by atoms with Gasteiger partial charge in [-0.15, -0.1) is 0 Å². The van der Waals surface area contributed by atoms with E-state index in [0.29, 0.717) is 13.1 Å². The van der Waals surface area contributed by atoms with Crippen molar-refractivity contribution >= 4 is 33.5 Å². The van der Waals surface area contributed by atoms with E-state index in [0.717, 1.165) is 37.7 Å². The largest absolute Gasteiger partial charge is 0.452 e. The van der Waals surface area contributed by atoms with Crippen LogP contribution in [0.15, 0.2) is 47.4 Å². The Kier molecular flexibility index (Phi) is 6.83. The minimum absolute atomic E-state index is 0.0305. The molecule has 1 heterocycles. The number of hydrogen-bond donors (Lipinski definition) is 1. The Hall–Kier alpha value is -2.42. The van der Waals surface area contributed by atoms with E-state index in [-0.39, 0.29) is 21.5 Å². The van der Waals surface area contributed by atoms with Crippen molar-refractivity contribution in [2.24, 2.45) is 0 Å². The SMILES string of the molecule is O=C(COC(=O)c1ccc(Cl)c(S(=O)(=O)N2CCCC2)c1)N[C@@H]1CCCc2ccccc21. The van der Waals surface area contributed by atoms with Gasteiger partial charge >= 0.3 is 5.97 Å². The molecule has 1 atom stereocenters. The van der Waals surface area contributed by atoms with Crippen molar-refractivity contribution in [1.82, 2.24) is 9.62 Å². The van der Waals surface area contributed by atoms with Gasteiger partial charge in [-0.2, -0.15) is 4.31 Å². The number of esters is 1. The van der Waals surface area contributed by atoms with E-state index in [4.69, 9.17) is 16.3 Å². The van der Waals surface area contributed by atoms with Crippen LogP contribution in [0.25, 0.3) is 0 Å². The average Bonchev–Trinajstić information content (AvgIpc) is 3.34. The fraction of sp³-hybridized carbons (Fsp3) is 0.391. The molecule has 1 saturated heterocycles. The molecular weight excluding hydrogens is 452 g/mol. The first-order chi connectivity index (χ1) is 15.4. The van der Waals surface area contributed by atoms with Gasteiger partial charge in [-0.25, -0.2) is 13.2 Å². The third kappa shape index (κ3) is 4.82. The van der Waals surface area contributed by atoms with Gasteiger partial charge in [0.25, 0.3) is 5.91 Å². The van der Waals surface area contributed by atoms with Crippen molar-refractivity contribution in [3.63, 3.8) is 0 Å². The molecule has 9 heteroatoms. The summed E-state index contributed by atoms with van der Waals surface area (Å²) >= 11 is 6.12. The van der Waals surface area contributed by atoms with Gasteiger partial charge in [0.2, 0.25) is 10.0 Å². The van der Waals surface area contributed by atoms with Crippen LogP contribution in [0, 0.1) is 0 Å². The maximum Gasteiger partial charge on any atom is 0.338 e. The highest BCUT2D eigenvalue weighted by Gasteiger charge is 2.30. The summed E-state index contributed by atoms with van der Waals surface area (Å²) in [5.41, 5.74) is 2.34. The van der Waals surface area contributed by atoms with Gasteiger partial charge in [-0.3, -0.25) is 4.79 Å².